The van der Waals surface area contributed by atoms with Gasteiger partial charge in [-0.1, -0.05) is 19.3 Å². The summed E-state index contributed by atoms with van der Waals surface area (Å²) in [5, 5.41) is 0. The normalized spacial score (nSPS) is 18.2. The highest BCUT2D eigenvalue weighted by Crippen LogP contribution is 2.31. The fraction of sp³-hybridized carbons (Fsp3) is 0.714. The molecule has 0 aromatic carbocycles. The molecule has 1 aromatic heterocycles. The van der Waals surface area contributed by atoms with E-state index >= 15 is 0 Å². The maximum Gasteiger partial charge on any atom is 0.360 e. The summed E-state index contributed by atoms with van der Waals surface area (Å²) in [5.74, 6) is 0.578. The molecule has 0 bridgehead atoms. The van der Waals surface area contributed by atoms with E-state index in [1.807, 2.05) is 6.92 Å². The Balaban J connectivity index is 1.90. The Morgan fingerprint density at radius 2 is 2.21 bits per heavy atom. The first-order chi connectivity index (χ1) is 9.20. The molecule has 1 aliphatic carbocycles. The van der Waals surface area contributed by atoms with E-state index < -0.39 is 5.97 Å². The molecule has 0 N–H and O–H groups in total. The van der Waals surface area contributed by atoms with Gasteiger partial charge in [0.1, 0.15) is 12.9 Å². The number of nitrogens with zero attached hydrogens (tertiary/aromatic N) is 1. The highest BCUT2D eigenvalue weighted by molar-refractivity contribution is 5.86. The Hall–Kier alpha value is -1.36. The Labute approximate surface area is 113 Å². The third-order valence-electron chi connectivity index (χ3n) is 3.54. The zero-order valence-corrected chi connectivity index (χ0v) is 11.6. The van der Waals surface area contributed by atoms with Gasteiger partial charge in [-0.15, -0.1) is 0 Å². The minimum absolute atomic E-state index is 0.117. The molecule has 1 heterocycles. The second-order valence-electron chi connectivity index (χ2n) is 5.05. The van der Waals surface area contributed by atoms with E-state index in [4.69, 9.17) is 13.9 Å². The lowest BCUT2D eigenvalue weighted by molar-refractivity contribution is 0.0164. The van der Waals surface area contributed by atoms with Gasteiger partial charge in [-0.3, -0.25) is 0 Å². The van der Waals surface area contributed by atoms with Gasteiger partial charge in [0.2, 0.25) is 0 Å². The molecule has 0 spiro atoms. The SMILES string of the molecule is CO[C@H](C)COC(=O)c1coc(C2CCCCC2)n1. The van der Waals surface area contributed by atoms with Crippen LogP contribution in [0.1, 0.15) is 61.3 Å². The van der Waals surface area contributed by atoms with Crippen molar-refractivity contribution in [2.75, 3.05) is 13.7 Å². The third kappa shape index (κ3) is 3.80. The van der Waals surface area contributed by atoms with E-state index in [9.17, 15) is 4.79 Å². The van der Waals surface area contributed by atoms with Gasteiger partial charge in [0.05, 0.1) is 6.10 Å². The topological polar surface area (TPSA) is 61.6 Å². The summed E-state index contributed by atoms with van der Waals surface area (Å²) in [6.45, 7) is 2.06. The van der Waals surface area contributed by atoms with Gasteiger partial charge >= 0.3 is 5.97 Å². The van der Waals surface area contributed by atoms with Crippen molar-refractivity contribution < 1.29 is 18.7 Å². The summed E-state index contributed by atoms with van der Waals surface area (Å²) in [5.41, 5.74) is 0.254. The van der Waals surface area contributed by atoms with E-state index in [2.05, 4.69) is 4.98 Å². The first kappa shape index (κ1) is 14.1. The van der Waals surface area contributed by atoms with Gasteiger partial charge < -0.3 is 13.9 Å². The number of rotatable bonds is 5. The monoisotopic (exact) mass is 267 g/mol. The van der Waals surface area contributed by atoms with Crippen LogP contribution < -0.4 is 0 Å². The average Bonchev–Trinajstić information content (AvgIpc) is 2.95. The van der Waals surface area contributed by atoms with Crippen molar-refractivity contribution in [2.45, 2.75) is 51.0 Å². The lowest BCUT2D eigenvalue weighted by atomic mass is 9.89. The molecule has 19 heavy (non-hydrogen) atoms. The number of esters is 1. The fourth-order valence-electron chi connectivity index (χ4n) is 2.25. The number of carbonyl (C=O) groups excluding carboxylic acids is 1. The zero-order valence-electron chi connectivity index (χ0n) is 11.6. The van der Waals surface area contributed by atoms with Crippen molar-refractivity contribution in [1.29, 1.82) is 0 Å². The van der Waals surface area contributed by atoms with Crippen LogP contribution in [0.5, 0.6) is 0 Å². The van der Waals surface area contributed by atoms with Crippen LogP contribution in [-0.4, -0.2) is 30.8 Å². The predicted octanol–water partition coefficient (Wildman–Crippen LogP) is 2.91. The van der Waals surface area contributed by atoms with Crippen molar-refractivity contribution in [2.24, 2.45) is 0 Å². The minimum Gasteiger partial charge on any atom is -0.458 e. The van der Waals surface area contributed by atoms with E-state index in [0.717, 1.165) is 12.8 Å². The Bertz CT molecular complexity index is 409. The van der Waals surface area contributed by atoms with Crippen LogP contribution >= 0.6 is 0 Å². The molecule has 0 saturated heterocycles. The number of methoxy groups -OCH3 is 1. The second-order valence-corrected chi connectivity index (χ2v) is 5.05. The van der Waals surface area contributed by atoms with Crippen molar-refractivity contribution in [3.63, 3.8) is 0 Å². The fourth-order valence-corrected chi connectivity index (χ4v) is 2.25. The molecular formula is C14H21NO4. The van der Waals surface area contributed by atoms with Crippen LogP contribution in [-0.2, 0) is 9.47 Å². The number of hydrogen-bond acceptors (Lipinski definition) is 5. The van der Waals surface area contributed by atoms with Crippen LogP contribution in [0.25, 0.3) is 0 Å². The molecule has 1 atom stereocenters. The van der Waals surface area contributed by atoms with Crippen molar-refractivity contribution in [1.82, 2.24) is 4.98 Å². The van der Waals surface area contributed by atoms with E-state index in [0.29, 0.717) is 11.8 Å². The first-order valence-electron chi connectivity index (χ1n) is 6.86. The van der Waals surface area contributed by atoms with Gasteiger partial charge in [-0.2, -0.15) is 0 Å². The minimum atomic E-state index is -0.449. The summed E-state index contributed by atoms with van der Waals surface area (Å²) < 4.78 is 15.5. The molecule has 2 rings (SSSR count). The number of aromatic nitrogens is 1. The standard InChI is InChI=1S/C14H21NO4/c1-10(17-2)8-19-14(16)12-9-18-13(15-12)11-6-4-3-5-7-11/h9-11H,3-8H2,1-2H3/t10-/m1/s1. The smallest absolute Gasteiger partial charge is 0.360 e. The number of oxazole rings is 1. The quantitative estimate of drug-likeness (QED) is 0.768. The highest BCUT2D eigenvalue weighted by atomic mass is 16.6. The maximum atomic E-state index is 11.8. The van der Waals surface area contributed by atoms with Gasteiger partial charge in [0, 0.05) is 13.0 Å². The molecule has 0 unspecified atom stereocenters. The molecule has 0 aliphatic heterocycles. The molecule has 5 nitrogen and oxygen atoms in total. The molecule has 106 valence electrons. The Kier molecular flexibility index (Phi) is 4.96. The van der Waals surface area contributed by atoms with E-state index in [1.54, 1.807) is 7.11 Å². The largest absolute Gasteiger partial charge is 0.458 e. The van der Waals surface area contributed by atoms with Crippen LogP contribution in [0.3, 0.4) is 0 Å². The summed E-state index contributed by atoms with van der Waals surface area (Å²) in [4.78, 5) is 16.0. The zero-order chi connectivity index (χ0) is 13.7. The lowest BCUT2D eigenvalue weighted by Gasteiger charge is -2.17. The number of ether oxygens (including phenoxy) is 2. The second kappa shape index (κ2) is 6.70. The lowest BCUT2D eigenvalue weighted by Crippen LogP contribution is -2.17. The van der Waals surface area contributed by atoms with Crippen LogP contribution in [0.15, 0.2) is 10.7 Å². The average molecular weight is 267 g/mol. The van der Waals surface area contributed by atoms with Gasteiger partial charge in [0.15, 0.2) is 11.6 Å². The Morgan fingerprint density at radius 1 is 1.47 bits per heavy atom. The van der Waals surface area contributed by atoms with E-state index in [1.165, 1.54) is 25.5 Å². The van der Waals surface area contributed by atoms with Gasteiger partial charge in [-0.05, 0) is 19.8 Å². The summed E-state index contributed by atoms with van der Waals surface area (Å²) in [6.07, 6.45) is 7.15. The van der Waals surface area contributed by atoms with Crippen molar-refractivity contribution >= 4 is 5.97 Å². The molecule has 1 aliphatic rings. The maximum absolute atomic E-state index is 11.8. The first-order valence-corrected chi connectivity index (χ1v) is 6.86. The molecule has 1 saturated carbocycles. The molecular weight excluding hydrogens is 246 g/mol. The molecule has 0 amide bonds. The Morgan fingerprint density at radius 3 is 2.89 bits per heavy atom. The van der Waals surface area contributed by atoms with Crippen LogP contribution in [0.4, 0.5) is 0 Å². The molecule has 1 aromatic rings. The highest BCUT2D eigenvalue weighted by Gasteiger charge is 2.22. The van der Waals surface area contributed by atoms with Crippen molar-refractivity contribution in [3.05, 3.63) is 17.8 Å². The third-order valence-corrected chi connectivity index (χ3v) is 3.54. The van der Waals surface area contributed by atoms with Crippen LogP contribution in [0, 0.1) is 0 Å². The van der Waals surface area contributed by atoms with Crippen molar-refractivity contribution in [3.8, 4) is 0 Å². The summed E-state index contributed by atoms with van der Waals surface area (Å²) in [7, 11) is 1.58. The summed E-state index contributed by atoms with van der Waals surface area (Å²) >= 11 is 0. The van der Waals surface area contributed by atoms with Crippen LogP contribution in [0.2, 0.25) is 0 Å². The summed E-state index contributed by atoms with van der Waals surface area (Å²) in [6, 6.07) is 0. The van der Waals surface area contributed by atoms with Gasteiger partial charge in [-0.25, -0.2) is 9.78 Å². The number of carbonyl (C=O) groups is 1. The number of hydrogen-bond donors (Lipinski definition) is 0. The molecule has 1 fully saturated rings. The molecule has 5 heteroatoms. The molecule has 0 radical (unpaired) electrons. The predicted molar refractivity (Wildman–Crippen MR) is 69.1 cm³/mol. The van der Waals surface area contributed by atoms with E-state index in [-0.39, 0.29) is 18.4 Å². The van der Waals surface area contributed by atoms with Gasteiger partial charge in [0.25, 0.3) is 0 Å².